The average molecular weight is 737 g/mol. The van der Waals surface area contributed by atoms with E-state index < -0.39 is 0 Å². The van der Waals surface area contributed by atoms with Gasteiger partial charge in [0.1, 0.15) is 11.5 Å². The molecule has 4 aromatic rings. The lowest BCUT2D eigenvalue weighted by Gasteiger charge is -2.30. The number of aromatic hydroxyl groups is 2. The summed E-state index contributed by atoms with van der Waals surface area (Å²) in [5.41, 5.74) is 16.1. The maximum atomic E-state index is 11.9. The van der Waals surface area contributed by atoms with Crippen molar-refractivity contribution in [1.82, 2.24) is 0 Å². The van der Waals surface area contributed by atoms with E-state index in [2.05, 4.69) is 132 Å². The second-order valence-corrected chi connectivity index (χ2v) is 20.3. The summed E-state index contributed by atoms with van der Waals surface area (Å²) in [7, 11) is 0. The largest absolute Gasteiger partial charge is 0.507 e. The Labute approximate surface area is 324 Å². The molecule has 5 rings (SSSR count). The van der Waals surface area contributed by atoms with Gasteiger partial charge in [-0.2, -0.15) is 23.5 Å². The van der Waals surface area contributed by atoms with E-state index in [0.717, 1.165) is 44.9 Å². The van der Waals surface area contributed by atoms with E-state index >= 15 is 0 Å². The zero-order chi connectivity index (χ0) is 38.1. The number of rotatable bonds is 8. The molecule has 1 saturated carbocycles. The molecule has 4 heteroatoms. The first kappa shape index (κ1) is 40.4. The van der Waals surface area contributed by atoms with Crippen LogP contribution >= 0.6 is 23.5 Å². The highest BCUT2D eigenvalue weighted by molar-refractivity contribution is 8.03. The Bertz CT molecular complexity index is 1720. The third-order valence-corrected chi connectivity index (χ3v) is 14.2. The van der Waals surface area contributed by atoms with Gasteiger partial charge in [0.05, 0.1) is 0 Å². The van der Waals surface area contributed by atoms with Crippen LogP contribution in [-0.2, 0) is 22.3 Å². The molecule has 1 aliphatic carbocycles. The normalized spacial score (nSPS) is 17.2. The van der Waals surface area contributed by atoms with Crippen molar-refractivity contribution in [3.8, 4) is 33.8 Å². The number of phenols is 2. The van der Waals surface area contributed by atoms with Crippen LogP contribution in [0.15, 0.2) is 48.5 Å². The Morgan fingerprint density at radius 1 is 0.500 bits per heavy atom. The lowest BCUT2D eigenvalue weighted by atomic mass is 9.82. The lowest BCUT2D eigenvalue weighted by molar-refractivity contribution is 0.470. The van der Waals surface area contributed by atoms with Gasteiger partial charge in [-0.25, -0.2) is 0 Å². The van der Waals surface area contributed by atoms with Crippen molar-refractivity contribution in [3.63, 3.8) is 0 Å². The standard InChI is InChI=1S/C48H64O2S2/c1-29-19-31(3)43(32(4)20-29)39-25-37(47(7,8)9)23-35(45(39)49)27-51-41-17-15-13-14-16-18-42(41)52-28-36-24-38(48(10,11)12)26-40(46(36)50)44-33(5)21-30(2)22-34(44)6/h19-26,41-42,49-50H,13-18,27-28H2,1-12H3/t41-,42-/m0/s1. The van der Waals surface area contributed by atoms with Crippen LogP contribution in [0.2, 0.25) is 0 Å². The SMILES string of the molecule is Cc1cc(C)c(-c2cc(C(C)(C)C)cc(CS[C@H]3CCCCCC[C@@H]3SCc3cc(C(C)(C)C)cc(-c4c(C)cc(C)cc4C)c3O)c2O)c(C)c1. The summed E-state index contributed by atoms with van der Waals surface area (Å²) in [5, 5.41) is 24.8. The van der Waals surface area contributed by atoms with Crippen molar-refractivity contribution in [2.24, 2.45) is 0 Å². The van der Waals surface area contributed by atoms with Crippen LogP contribution in [-0.4, -0.2) is 20.7 Å². The fourth-order valence-corrected chi connectivity index (χ4v) is 11.3. The number of hydrogen-bond acceptors (Lipinski definition) is 4. The number of hydrogen-bond donors (Lipinski definition) is 2. The Balaban J connectivity index is 1.47. The predicted molar refractivity (Wildman–Crippen MR) is 231 cm³/mol. The highest BCUT2D eigenvalue weighted by Gasteiger charge is 2.28. The van der Waals surface area contributed by atoms with E-state index in [1.165, 1.54) is 83.0 Å². The molecule has 0 amide bonds. The molecule has 2 nitrogen and oxygen atoms in total. The van der Waals surface area contributed by atoms with Crippen LogP contribution < -0.4 is 0 Å². The number of thioether (sulfide) groups is 2. The van der Waals surface area contributed by atoms with Gasteiger partial charge in [-0.15, -0.1) is 0 Å². The van der Waals surface area contributed by atoms with Gasteiger partial charge < -0.3 is 10.2 Å². The molecule has 0 aromatic heterocycles. The molecule has 0 unspecified atom stereocenters. The van der Waals surface area contributed by atoms with Gasteiger partial charge in [-0.3, -0.25) is 0 Å². The minimum atomic E-state index is -0.0366. The minimum Gasteiger partial charge on any atom is -0.507 e. The van der Waals surface area contributed by atoms with Crippen molar-refractivity contribution < 1.29 is 10.2 Å². The van der Waals surface area contributed by atoms with Crippen LogP contribution in [0.25, 0.3) is 22.3 Å². The third-order valence-electron chi connectivity index (χ3n) is 11.1. The topological polar surface area (TPSA) is 40.5 Å². The van der Waals surface area contributed by atoms with Crippen molar-refractivity contribution in [1.29, 1.82) is 0 Å². The minimum absolute atomic E-state index is 0.0366. The maximum Gasteiger partial charge on any atom is 0.127 e. The van der Waals surface area contributed by atoms with Crippen molar-refractivity contribution in [3.05, 3.63) is 104 Å². The quantitative estimate of drug-likeness (QED) is 0.189. The van der Waals surface area contributed by atoms with Gasteiger partial charge in [-0.1, -0.05) is 115 Å². The van der Waals surface area contributed by atoms with Gasteiger partial charge in [-0.05, 0) is 122 Å². The number of aryl methyl sites for hydroxylation is 6. The van der Waals surface area contributed by atoms with E-state index in [0.29, 0.717) is 22.0 Å². The summed E-state index contributed by atoms with van der Waals surface area (Å²) in [6.45, 7) is 26.6. The van der Waals surface area contributed by atoms with Gasteiger partial charge in [0, 0.05) is 44.3 Å². The Morgan fingerprint density at radius 2 is 0.827 bits per heavy atom. The molecule has 0 bridgehead atoms. The van der Waals surface area contributed by atoms with Gasteiger partial charge >= 0.3 is 0 Å². The van der Waals surface area contributed by atoms with E-state index in [4.69, 9.17) is 0 Å². The maximum absolute atomic E-state index is 11.9. The summed E-state index contributed by atoms with van der Waals surface area (Å²) >= 11 is 4.08. The molecule has 0 aliphatic heterocycles. The third kappa shape index (κ3) is 9.27. The average Bonchev–Trinajstić information content (AvgIpc) is 3.01. The Morgan fingerprint density at radius 3 is 1.13 bits per heavy atom. The molecule has 52 heavy (non-hydrogen) atoms. The van der Waals surface area contributed by atoms with Gasteiger partial charge in [0.15, 0.2) is 0 Å². The lowest BCUT2D eigenvalue weighted by Crippen LogP contribution is -2.22. The van der Waals surface area contributed by atoms with Crippen LogP contribution in [0.4, 0.5) is 0 Å². The number of phenolic OH excluding ortho intramolecular Hbond substituents is 2. The van der Waals surface area contributed by atoms with E-state index in [1.54, 1.807) is 0 Å². The van der Waals surface area contributed by atoms with E-state index in [9.17, 15) is 10.2 Å². The van der Waals surface area contributed by atoms with Crippen LogP contribution in [0.3, 0.4) is 0 Å². The van der Waals surface area contributed by atoms with E-state index in [1.807, 2.05) is 23.5 Å². The zero-order valence-electron chi connectivity index (χ0n) is 34.1. The molecule has 2 atom stereocenters. The molecule has 0 saturated heterocycles. The fraction of sp³-hybridized carbons (Fsp3) is 0.500. The molecule has 4 aromatic carbocycles. The molecule has 0 heterocycles. The van der Waals surface area contributed by atoms with Crippen molar-refractivity contribution in [2.45, 2.75) is 154 Å². The van der Waals surface area contributed by atoms with Crippen molar-refractivity contribution >= 4 is 23.5 Å². The highest BCUT2D eigenvalue weighted by atomic mass is 32.2. The van der Waals surface area contributed by atoms with Crippen molar-refractivity contribution in [2.75, 3.05) is 0 Å². The smallest absolute Gasteiger partial charge is 0.127 e. The van der Waals surface area contributed by atoms with E-state index in [-0.39, 0.29) is 10.8 Å². The second kappa shape index (κ2) is 16.3. The zero-order valence-corrected chi connectivity index (χ0v) is 35.8. The molecular formula is C48H64O2S2. The summed E-state index contributed by atoms with van der Waals surface area (Å²) in [4.78, 5) is 0. The number of benzene rings is 4. The molecule has 0 radical (unpaired) electrons. The Hall–Kier alpha value is -2.82. The highest BCUT2D eigenvalue weighted by Crippen LogP contribution is 2.46. The monoisotopic (exact) mass is 736 g/mol. The van der Waals surface area contributed by atoms with Crippen LogP contribution in [0.5, 0.6) is 11.5 Å². The molecule has 1 aliphatic rings. The summed E-state index contributed by atoms with van der Waals surface area (Å²) < 4.78 is 0. The first-order valence-electron chi connectivity index (χ1n) is 19.5. The summed E-state index contributed by atoms with van der Waals surface area (Å²) in [6, 6.07) is 17.9. The first-order valence-corrected chi connectivity index (χ1v) is 21.6. The van der Waals surface area contributed by atoms with Crippen LogP contribution in [0, 0.1) is 41.5 Å². The molecular weight excluding hydrogens is 673 g/mol. The summed E-state index contributed by atoms with van der Waals surface area (Å²) in [5.74, 6) is 2.44. The second-order valence-electron chi connectivity index (χ2n) is 17.8. The molecule has 280 valence electrons. The fourth-order valence-electron chi connectivity index (χ4n) is 8.26. The molecule has 1 fully saturated rings. The summed E-state index contributed by atoms with van der Waals surface area (Å²) in [6.07, 6.45) is 7.45. The molecule has 2 N–H and O–H groups in total. The first-order chi connectivity index (χ1) is 24.3. The van der Waals surface area contributed by atoms with Gasteiger partial charge in [0.2, 0.25) is 0 Å². The predicted octanol–water partition coefficient (Wildman–Crippen LogP) is 14.1. The van der Waals surface area contributed by atoms with Crippen LogP contribution in [0.1, 0.15) is 136 Å². The Kier molecular flexibility index (Phi) is 12.6. The molecule has 0 spiro atoms. The van der Waals surface area contributed by atoms with Gasteiger partial charge in [0.25, 0.3) is 0 Å².